The van der Waals surface area contributed by atoms with Crippen molar-refractivity contribution in [2.45, 2.75) is 38.2 Å². The van der Waals surface area contributed by atoms with Gasteiger partial charge in [0, 0.05) is 11.8 Å². The SMILES string of the molecule is CC(C)OC(=O)C[C@H](NC(=O)c1cccc(CS(C)(=O)=O)c1)c1ccccc1. The number of ether oxygens (including phenoxy) is 1. The number of hydrogen-bond acceptors (Lipinski definition) is 5. The summed E-state index contributed by atoms with van der Waals surface area (Å²) in [6.45, 7) is 3.53. The first-order valence-electron chi connectivity index (χ1n) is 8.96. The Morgan fingerprint density at radius 1 is 1.04 bits per heavy atom. The maximum absolute atomic E-state index is 12.7. The molecule has 7 heteroatoms. The fourth-order valence-electron chi connectivity index (χ4n) is 2.76. The molecule has 0 aromatic heterocycles. The second-order valence-corrected chi connectivity index (χ2v) is 9.09. The number of nitrogens with one attached hydrogen (secondary N) is 1. The van der Waals surface area contributed by atoms with Crippen molar-refractivity contribution < 1.29 is 22.7 Å². The van der Waals surface area contributed by atoms with Gasteiger partial charge in [0.2, 0.25) is 0 Å². The molecule has 0 saturated carbocycles. The van der Waals surface area contributed by atoms with Gasteiger partial charge in [-0.25, -0.2) is 8.42 Å². The minimum Gasteiger partial charge on any atom is -0.463 e. The summed E-state index contributed by atoms with van der Waals surface area (Å²) in [4.78, 5) is 24.9. The minimum atomic E-state index is -3.21. The molecular weight excluding hydrogens is 378 g/mol. The summed E-state index contributed by atoms with van der Waals surface area (Å²) < 4.78 is 28.2. The maximum atomic E-state index is 12.7. The van der Waals surface area contributed by atoms with Crippen molar-refractivity contribution in [3.8, 4) is 0 Å². The van der Waals surface area contributed by atoms with Crippen molar-refractivity contribution >= 4 is 21.7 Å². The molecule has 2 aromatic carbocycles. The standard InChI is InChI=1S/C21H25NO5S/c1-15(2)27-20(23)13-19(17-9-5-4-6-10-17)22-21(24)18-11-7-8-16(12-18)14-28(3,25)26/h4-12,15,19H,13-14H2,1-3H3,(H,22,24)/t19-/m0/s1. The number of sulfone groups is 1. The summed E-state index contributed by atoms with van der Waals surface area (Å²) in [5.74, 6) is -0.937. The third kappa shape index (κ3) is 7.15. The third-order valence-electron chi connectivity index (χ3n) is 3.86. The lowest BCUT2D eigenvalue weighted by Crippen LogP contribution is -2.31. The number of carbonyl (C=O) groups is 2. The van der Waals surface area contributed by atoms with Gasteiger partial charge in [-0.05, 0) is 37.1 Å². The van der Waals surface area contributed by atoms with Crippen LogP contribution < -0.4 is 5.32 Å². The summed E-state index contributed by atoms with van der Waals surface area (Å²) >= 11 is 0. The lowest BCUT2D eigenvalue weighted by Gasteiger charge is -2.19. The van der Waals surface area contributed by atoms with Crippen LogP contribution in [0.25, 0.3) is 0 Å². The maximum Gasteiger partial charge on any atom is 0.308 e. The van der Waals surface area contributed by atoms with Gasteiger partial charge in [0.15, 0.2) is 9.84 Å². The topological polar surface area (TPSA) is 89.5 Å². The molecule has 0 radical (unpaired) electrons. The Morgan fingerprint density at radius 2 is 1.71 bits per heavy atom. The first kappa shape index (κ1) is 21.6. The van der Waals surface area contributed by atoms with E-state index >= 15 is 0 Å². The van der Waals surface area contributed by atoms with Crippen molar-refractivity contribution in [3.05, 3.63) is 71.3 Å². The molecule has 2 rings (SSSR count). The van der Waals surface area contributed by atoms with E-state index in [1.165, 1.54) is 0 Å². The number of amides is 1. The highest BCUT2D eigenvalue weighted by molar-refractivity contribution is 7.89. The van der Waals surface area contributed by atoms with E-state index in [4.69, 9.17) is 4.74 Å². The first-order chi connectivity index (χ1) is 13.1. The Balaban J connectivity index is 2.20. The molecule has 2 aromatic rings. The highest BCUT2D eigenvalue weighted by Gasteiger charge is 2.21. The van der Waals surface area contributed by atoms with Gasteiger partial charge in [0.25, 0.3) is 5.91 Å². The molecule has 1 atom stereocenters. The van der Waals surface area contributed by atoms with Gasteiger partial charge in [-0.2, -0.15) is 0 Å². The molecule has 0 saturated heterocycles. The molecule has 150 valence electrons. The minimum absolute atomic E-state index is 0.00301. The number of hydrogen-bond donors (Lipinski definition) is 1. The molecule has 1 amide bonds. The smallest absolute Gasteiger partial charge is 0.308 e. The molecule has 0 aliphatic carbocycles. The van der Waals surface area contributed by atoms with Crippen LogP contribution in [0.4, 0.5) is 0 Å². The fourth-order valence-corrected chi connectivity index (χ4v) is 3.55. The first-order valence-corrected chi connectivity index (χ1v) is 11.0. The van der Waals surface area contributed by atoms with Gasteiger partial charge in [-0.1, -0.05) is 42.5 Å². The monoisotopic (exact) mass is 403 g/mol. The Bertz CT molecular complexity index is 923. The Hall–Kier alpha value is -2.67. The largest absolute Gasteiger partial charge is 0.463 e. The molecule has 0 aliphatic rings. The van der Waals surface area contributed by atoms with Crippen LogP contribution >= 0.6 is 0 Å². The molecule has 0 spiro atoms. The highest BCUT2D eigenvalue weighted by Crippen LogP contribution is 2.19. The normalized spacial score (nSPS) is 12.4. The molecule has 0 unspecified atom stereocenters. The molecule has 0 bridgehead atoms. The second kappa shape index (κ2) is 9.50. The number of benzene rings is 2. The van der Waals surface area contributed by atoms with Crippen LogP contribution in [0, 0.1) is 0 Å². The van der Waals surface area contributed by atoms with Crippen molar-refractivity contribution in [3.63, 3.8) is 0 Å². The van der Waals surface area contributed by atoms with Crippen LogP contribution in [-0.4, -0.2) is 32.7 Å². The number of rotatable bonds is 8. The van der Waals surface area contributed by atoms with Crippen molar-refractivity contribution in [1.29, 1.82) is 0 Å². The van der Waals surface area contributed by atoms with Crippen molar-refractivity contribution in [2.24, 2.45) is 0 Å². The fraction of sp³-hybridized carbons (Fsp3) is 0.333. The lowest BCUT2D eigenvalue weighted by molar-refractivity contribution is -0.147. The summed E-state index contributed by atoms with van der Waals surface area (Å²) in [6, 6.07) is 15.1. The summed E-state index contributed by atoms with van der Waals surface area (Å²) in [7, 11) is -3.21. The molecule has 28 heavy (non-hydrogen) atoms. The van der Waals surface area contributed by atoms with E-state index in [0.29, 0.717) is 11.1 Å². The molecule has 0 fully saturated rings. The summed E-state index contributed by atoms with van der Waals surface area (Å²) in [5.41, 5.74) is 1.65. The zero-order valence-corrected chi connectivity index (χ0v) is 17.0. The number of esters is 1. The molecule has 0 heterocycles. The Kier molecular flexibility index (Phi) is 7.34. The average molecular weight is 404 g/mol. The van der Waals surface area contributed by atoms with E-state index < -0.39 is 21.8 Å². The van der Waals surface area contributed by atoms with Gasteiger partial charge in [-0.15, -0.1) is 0 Å². The van der Waals surface area contributed by atoms with E-state index in [9.17, 15) is 18.0 Å². The van der Waals surface area contributed by atoms with E-state index in [2.05, 4.69) is 5.32 Å². The van der Waals surface area contributed by atoms with Gasteiger partial charge in [0.1, 0.15) is 0 Å². The molecular formula is C21H25NO5S. The second-order valence-electron chi connectivity index (χ2n) is 6.95. The van der Waals surface area contributed by atoms with Crippen molar-refractivity contribution in [2.75, 3.05) is 6.26 Å². The Labute approximate surface area is 165 Å². The van der Waals surface area contributed by atoms with Gasteiger partial charge in [-0.3, -0.25) is 9.59 Å². The van der Waals surface area contributed by atoms with E-state index in [0.717, 1.165) is 11.8 Å². The van der Waals surface area contributed by atoms with Crippen LogP contribution in [0.5, 0.6) is 0 Å². The molecule has 0 aliphatic heterocycles. The average Bonchev–Trinajstić information content (AvgIpc) is 2.60. The Morgan fingerprint density at radius 3 is 2.32 bits per heavy atom. The van der Waals surface area contributed by atoms with Gasteiger partial charge >= 0.3 is 5.97 Å². The van der Waals surface area contributed by atoms with Crippen LogP contribution in [-0.2, 0) is 25.1 Å². The quantitative estimate of drug-likeness (QED) is 0.684. The van der Waals surface area contributed by atoms with Gasteiger partial charge in [0.05, 0.1) is 24.3 Å². The van der Waals surface area contributed by atoms with Crippen LogP contribution in [0.15, 0.2) is 54.6 Å². The van der Waals surface area contributed by atoms with E-state index in [-0.39, 0.29) is 24.2 Å². The number of carbonyl (C=O) groups excluding carboxylic acids is 2. The van der Waals surface area contributed by atoms with Gasteiger partial charge < -0.3 is 10.1 Å². The molecule has 6 nitrogen and oxygen atoms in total. The van der Waals surface area contributed by atoms with E-state index in [1.807, 2.05) is 30.3 Å². The summed E-state index contributed by atoms with van der Waals surface area (Å²) in [5, 5.41) is 2.85. The summed E-state index contributed by atoms with van der Waals surface area (Å²) in [6.07, 6.45) is 0.898. The van der Waals surface area contributed by atoms with Crippen molar-refractivity contribution in [1.82, 2.24) is 5.32 Å². The van der Waals surface area contributed by atoms with Crippen LogP contribution in [0.3, 0.4) is 0 Å². The van der Waals surface area contributed by atoms with Crippen LogP contribution in [0.1, 0.15) is 47.8 Å². The predicted octanol–water partition coefficient (Wildman–Crippen LogP) is 3.04. The van der Waals surface area contributed by atoms with E-state index in [1.54, 1.807) is 38.1 Å². The highest BCUT2D eigenvalue weighted by atomic mass is 32.2. The lowest BCUT2D eigenvalue weighted by atomic mass is 10.0. The predicted molar refractivity (Wildman–Crippen MR) is 107 cm³/mol. The zero-order valence-electron chi connectivity index (χ0n) is 16.2. The third-order valence-corrected chi connectivity index (χ3v) is 4.72. The van der Waals surface area contributed by atoms with Crippen LogP contribution in [0.2, 0.25) is 0 Å². The zero-order chi connectivity index (χ0) is 20.7. The molecule has 1 N–H and O–H groups in total.